The SMILES string of the molecule is CCOc1nc2nc(Cl)c3ccccc3n2n1. The summed E-state index contributed by atoms with van der Waals surface area (Å²) >= 11 is 6.09. The van der Waals surface area contributed by atoms with Crippen LogP contribution in [0.2, 0.25) is 5.15 Å². The molecule has 0 amide bonds. The van der Waals surface area contributed by atoms with E-state index in [2.05, 4.69) is 15.1 Å². The predicted molar refractivity (Wildman–Crippen MR) is 64.5 cm³/mol. The van der Waals surface area contributed by atoms with E-state index in [4.69, 9.17) is 16.3 Å². The highest BCUT2D eigenvalue weighted by atomic mass is 35.5. The van der Waals surface area contributed by atoms with Crippen LogP contribution >= 0.6 is 11.6 Å². The summed E-state index contributed by atoms with van der Waals surface area (Å²) in [5.74, 6) is 0.442. The summed E-state index contributed by atoms with van der Waals surface area (Å²) in [6, 6.07) is 7.95. The average Bonchev–Trinajstić information content (AvgIpc) is 2.73. The molecule has 6 heteroatoms. The van der Waals surface area contributed by atoms with E-state index in [-0.39, 0.29) is 0 Å². The zero-order valence-corrected chi connectivity index (χ0v) is 9.85. The lowest BCUT2D eigenvalue weighted by Crippen LogP contribution is -1.95. The van der Waals surface area contributed by atoms with Crippen molar-refractivity contribution in [3.05, 3.63) is 29.4 Å². The number of nitrogens with zero attached hydrogens (tertiary/aromatic N) is 4. The predicted octanol–water partition coefficient (Wildman–Crippen LogP) is 2.33. The van der Waals surface area contributed by atoms with Crippen LogP contribution in [0.4, 0.5) is 0 Å². The molecule has 0 saturated heterocycles. The van der Waals surface area contributed by atoms with E-state index in [1.165, 1.54) is 0 Å². The monoisotopic (exact) mass is 248 g/mol. The molecule has 0 atom stereocenters. The molecule has 0 fully saturated rings. The van der Waals surface area contributed by atoms with Gasteiger partial charge < -0.3 is 4.74 Å². The van der Waals surface area contributed by atoms with Gasteiger partial charge >= 0.3 is 6.01 Å². The fraction of sp³-hybridized carbons (Fsp3) is 0.182. The van der Waals surface area contributed by atoms with Gasteiger partial charge in [-0.25, -0.2) is 0 Å². The molecule has 1 aromatic carbocycles. The molecular weight excluding hydrogens is 240 g/mol. The molecule has 0 bridgehead atoms. The van der Waals surface area contributed by atoms with E-state index >= 15 is 0 Å². The summed E-state index contributed by atoms with van der Waals surface area (Å²) in [5.41, 5.74) is 0.862. The van der Waals surface area contributed by atoms with Gasteiger partial charge in [0.2, 0.25) is 0 Å². The molecule has 2 heterocycles. The topological polar surface area (TPSA) is 52.3 Å². The van der Waals surface area contributed by atoms with Gasteiger partial charge in [-0.1, -0.05) is 23.7 Å². The smallest absolute Gasteiger partial charge is 0.337 e. The Morgan fingerprint density at radius 2 is 2.12 bits per heavy atom. The highest BCUT2D eigenvalue weighted by molar-refractivity contribution is 6.34. The van der Waals surface area contributed by atoms with Crippen molar-refractivity contribution < 1.29 is 4.74 Å². The first kappa shape index (κ1) is 10.3. The maximum Gasteiger partial charge on any atom is 0.337 e. The highest BCUT2D eigenvalue weighted by Gasteiger charge is 2.11. The number of para-hydroxylation sites is 1. The molecule has 0 radical (unpaired) electrons. The van der Waals surface area contributed by atoms with Crippen LogP contribution in [-0.2, 0) is 0 Å². The van der Waals surface area contributed by atoms with Crippen LogP contribution in [0, 0.1) is 0 Å². The summed E-state index contributed by atoms with van der Waals surface area (Å²) < 4.78 is 6.88. The van der Waals surface area contributed by atoms with E-state index in [0.29, 0.717) is 23.5 Å². The third-order valence-electron chi connectivity index (χ3n) is 2.40. The van der Waals surface area contributed by atoms with Gasteiger partial charge in [0.15, 0.2) is 0 Å². The summed E-state index contributed by atoms with van der Waals surface area (Å²) in [6.07, 6.45) is 0. The Labute approximate surface area is 102 Å². The van der Waals surface area contributed by atoms with Gasteiger partial charge in [0.25, 0.3) is 5.78 Å². The molecule has 0 aliphatic heterocycles. The van der Waals surface area contributed by atoms with E-state index in [1.807, 2.05) is 31.2 Å². The molecule has 2 aromatic heterocycles. The minimum absolute atomic E-state index is 0.312. The fourth-order valence-electron chi connectivity index (χ4n) is 1.69. The van der Waals surface area contributed by atoms with Gasteiger partial charge in [-0.15, -0.1) is 5.10 Å². The quantitative estimate of drug-likeness (QED) is 0.653. The first-order valence-corrected chi connectivity index (χ1v) is 5.61. The maximum absolute atomic E-state index is 6.09. The molecule has 0 unspecified atom stereocenters. The minimum atomic E-state index is 0.312. The molecule has 0 spiro atoms. The van der Waals surface area contributed by atoms with E-state index in [9.17, 15) is 0 Å². The molecule has 0 N–H and O–H groups in total. The van der Waals surface area contributed by atoms with Crippen molar-refractivity contribution in [2.75, 3.05) is 6.61 Å². The molecule has 86 valence electrons. The minimum Gasteiger partial charge on any atom is -0.463 e. The third-order valence-corrected chi connectivity index (χ3v) is 2.68. The van der Waals surface area contributed by atoms with E-state index in [0.717, 1.165) is 10.9 Å². The largest absolute Gasteiger partial charge is 0.463 e. The Morgan fingerprint density at radius 3 is 2.94 bits per heavy atom. The summed E-state index contributed by atoms with van der Waals surface area (Å²) in [6.45, 7) is 2.40. The summed E-state index contributed by atoms with van der Waals surface area (Å²) in [5, 5.41) is 5.50. The molecule has 0 saturated carbocycles. The number of benzene rings is 1. The third kappa shape index (κ3) is 1.59. The van der Waals surface area contributed by atoms with Crippen molar-refractivity contribution in [2.24, 2.45) is 0 Å². The zero-order valence-electron chi connectivity index (χ0n) is 9.09. The summed E-state index contributed by atoms with van der Waals surface area (Å²) in [7, 11) is 0. The van der Waals surface area contributed by atoms with Crippen molar-refractivity contribution in [2.45, 2.75) is 6.92 Å². The second-order valence-electron chi connectivity index (χ2n) is 3.46. The Bertz CT molecular complexity index is 694. The van der Waals surface area contributed by atoms with Crippen LogP contribution in [0.1, 0.15) is 6.92 Å². The second kappa shape index (κ2) is 3.85. The average molecular weight is 249 g/mol. The van der Waals surface area contributed by atoms with Crippen LogP contribution < -0.4 is 4.74 Å². The van der Waals surface area contributed by atoms with Gasteiger partial charge in [-0.2, -0.15) is 14.5 Å². The fourth-order valence-corrected chi connectivity index (χ4v) is 1.93. The number of fused-ring (bicyclic) bond motifs is 3. The number of hydrogen-bond acceptors (Lipinski definition) is 4. The van der Waals surface area contributed by atoms with Gasteiger partial charge in [0.1, 0.15) is 5.15 Å². The van der Waals surface area contributed by atoms with Crippen molar-refractivity contribution in [1.82, 2.24) is 19.6 Å². The van der Waals surface area contributed by atoms with Crippen molar-refractivity contribution >= 4 is 28.3 Å². The molecule has 0 aliphatic rings. The maximum atomic E-state index is 6.09. The first-order valence-electron chi connectivity index (χ1n) is 5.23. The zero-order chi connectivity index (χ0) is 11.8. The van der Waals surface area contributed by atoms with Gasteiger partial charge in [0.05, 0.1) is 12.1 Å². The number of aromatic nitrogens is 4. The molecule has 3 aromatic rings. The summed E-state index contributed by atoms with van der Waals surface area (Å²) in [4.78, 5) is 8.33. The van der Waals surface area contributed by atoms with E-state index in [1.54, 1.807) is 4.52 Å². The Kier molecular flexibility index (Phi) is 2.33. The molecule has 5 nitrogen and oxygen atoms in total. The Morgan fingerprint density at radius 1 is 1.29 bits per heavy atom. The van der Waals surface area contributed by atoms with Gasteiger partial charge in [-0.05, 0) is 19.1 Å². The van der Waals surface area contributed by atoms with Gasteiger partial charge in [0, 0.05) is 5.39 Å². The second-order valence-corrected chi connectivity index (χ2v) is 3.82. The van der Waals surface area contributed by atoms with Crippen LogP contribution in [0.25, 0.3) is 16.7 Å². The lowest BCUT2D eigenvalue weighted by atomic mass is 10.2. The number of ether oxygens (including phenoxy) is 1. The lowest BCUT2D eigenvalue weighted by molar-refractivity contribution is 0.313. The van der Waals surface area contributed by atoms with Crippen molar-refractivity contribution in [3.8, 4) is 6.01 Å². The van der Waals surface area contributed by atoms with Crippen molar-refractivity contribution in [3.63, 3.8) is 0 Å². The van der Waals surface area contributed by atoms with E-state index < -0.39 is 0 Å². The lowest BCUT2D eigenvalue weighted by Gasteiger charge is -2.00. The Balaban J connectivity index is 2.38. The van der Waals surface area contributed by atoms with Crippen LogP contribution in [-0.4, -0.2) is 26.2 Å². The normalized spacial score (nSPS) is 11.2. The molecule has 3 rings (SSSR count). The molecule has 0 aliphatic carbocycles. The number of rotatable bonds is 2. The first-order chi connectivity index (χ1) is 8.29. The standard InChI is InChI=1S/C11H9ClN4O/c1-2-17-11-14-10-13-9(12)7-5-3-4-6-8(7)16(10)15-11/h3-6H,2H2,1H3. The van der Waals surface area contributed by atoms with Crippen LogP contribution in [0.3, 0.4) is 0 Å². The van der Waals surface area contributed by atoms with Gasteiger partial charge in [-0.3, -0.25) is 0 Å². The Hall–Kier alpha value is -1.88. The number of hydrogen-bond donors (Lipinski definition) is 0. The molecular formula is C11H9ClN4O. The van der Waals surface area contributed by atoms with Crippen molar-refractivity contribution in [1.29, 1.82) is 0 Å². The molecule has 17 heavy (non-hydrogen) atoms. The highest BCUT2D eigenvalue weighted by Crippen LogP contribution is 2.22. The number of halogens is 1. The van der Waals surface area contributed by atoms with Crippen LogP contribution in [0.5, 0.6) is 6.01 Å². The van der Waals surface area contributed by atoms with Crippen LogP contribution in [0.15, 0.2) is 24.3 Å².